The molecule has 0 amide bonds. The second kappa shape index (κ2) is 6.17. The Morgan fingerprint density at radius 3 is 2.58 bits per heavy atom. The maximum absolute atomic E-state index is 11.4. The first-order chi connectivity index (χ1) is 9.13. The van der Waals surface area contributed by atoms with Gasteiger partial charge >= 0.3 is 5.97 Å². The Labute approximate surface area is 113 Å². The SMILES string of the molecule is NC(COCCC1CCC1)(C(=O)O)c1ccccc1. The molecule has 1 aliphatic rings. The summed E-state index contributed by atoms with van der Waals surface area (Å²) < 4.78 is 5.52. The average Bonchev–Trinajstić information content (AvgIpc) is 2.37. The lowest BCUT2D eigenvalue weighted by Crippen LogP contribution is -2.49. The lowest BCUT2D eigenvalue weighted by molar-refractivity contribution is -0.146. The first kappa shape index (κ1) is 14.0. The Kier molecular flexibility index (Phi) is 4.56. The highest BCUT2D eigenvalue weighted by atomic mass is 16.5. The number of rotatable bonds is 7. The van der Waals surface area contributed by atoms with E-state index >= 15 is 0 Å². The second-order valence-electron chi connectivity index (χ2n) is 5.28. The van der Waals surface area contributed by atoms with Gasteiger partial charge in [0.2, 0.25) is 0 Å². The van der Waals surface area contributed by atoms with E-state index in [0.717, 1.165) is 12.3 Å². The van der Waals surface area contributed by atoms with Crippen molar-refractivity contribution in [1.82, 2.24) is 0 Å². The standard InChI is InChI=1S/C15H21NO3/c16-15(14(17)18,13-7-2-1-3-8-13)11-19-10-9-12-5-4-6-12/h1-3,7-8,12H,4-6,9-11,16H2,(H,17,18). The molecule has 0 bridgehead atoms. The number of carboxylic acids is 1. The lowest BCUT2D eigenvalue weighted by atomic mass is 9.83. The summed E-state index contributed by atoms with van der Waals surface area (Å²) in [5.41, 5.74) is 5.12. The van der Waals surface area contributed by atoms with E-state index in [2.05, 4.69) is 0 Å². The van der Waals surface area contributed by atoms with Gasteiger partial charge in [0.1, 0.15) is 0 Å². The molecular weight excluding hydrogens is 242 g/mol. The molecule has 0 heterocycles. The largest absolute Gasteiger partial charge is 0.480 e. The normalized spacial score (nSPS) is 18.6. The van der Waals surface area contributed by atoms with Crippen molar-refractivity contribution in [3.8, 4) is 0 Å². The molecule has 2 rings (SSSR count). The van der Waals surface area contributed by atoms with Gasteiger partial charge in [-0.15, -0.1) is 0 Å². The Morgan fingerprint density at radius 2 is 2.05 bits per heavy atom. The number of ether oxygens (including phenoxy) is 1. The van der Waals surface area contributed by atoms with Crippen molar-refractivity contribution in [1.29, 1.82) is 0 Å². The summed E-state index contributed by atoms with van der Waals surface area (Å²) in [4.78, 5) is 11.4. The van der Waals surface area contributed by atoms with E-state index in [1.165, 1.54) is 19.3 Å². The molecule has 4 nitrogen and oxygen atoms in total. The summed E-state index contributed by atoms with van der Waals surface area (Å²) in [6, 6.07) is 8.86. The van der Waals surface area contributed by atoms with Crippen LogP contribution in [-0.2, 0) is 15.1 Å². The molecule has 1 aromatic rings. The van der Waals surface area contributed by atoms with Crippen LogP contribution in [0.1, 0.15) is 31.2 Å². The molecule has 1 saturated carbocycles. The van der Waals surface area contributed by atoms with Gasteiger partial charge in [-0.05, 0) is 17.9 Å². The smallest absolute Gasteiger partial charge is 0.330 e. The monoisotopic (exact) mass is 263 g/mol. The second-order valence-corrected chi connectivity index (χ2v) is 5.28. The first-order valence-corrected chi connectivity index (χ1v) is 6.78. The van der Waals surface area contributed by atoms with Crippen molar-refractivity contribution in [2.75, 3.05) is 13.2 Å². The van der Waals surface area contributed by atoms with Gasteiger partial charge < -0.3 is 15.6 Å². The van der Waals surface area contributed by atoms with Gasteiger partial charge in [-0.2, -0.15) is 0 Å². The predicted molar refractivity (Wildman–Crippen MR) is 72.7 cm³/mol. The topological polar surface area (TPSA) is 72.5 Å². The van der Waals surface area contributed by atoms with Gasteiger partial charge in [0.25, 0.3) is 0 Å². The molecule has 1 aromatic carbocycles. The van der Waals surface area contributed by atoms with Crippen molar-refractivity contribution in [2.45, 2.75) is 31.2 Å². The zero-order valence-corrected chi connectivity index (χ0v) is 11.0. The molecule has 19 heavy (non-hydrogen) atoms. The fourth-order valence-corrected chi connectivity index (χ4v) is 2.27. The summed E-state index contributed by atoms with van der Waals surface area (Å²) in [6.45, 7) is 0.600. The van der Waals surface area contributed by atoms with Crippen LogP contribution in [0.15, 0.2) is 30.3 Å². The van der Waals surface area contributed by atoms with E-state index in [9.17, 15) is 9.90 Å². The van der Waals surface area contributed by atoms with Crippen molar-refractivity contribution in [3.63, 3.8) is 0 Å². The van der Waals surface area contributed by atoms with Crippen molar-refractivity contribution < 1.29 is 14.6 Å². The van der Waals surface area contributed by atoms with E-state index < -0.39 is 11.5 Å². The summed E-state index contributed by atoms with van der Waals surface area (Å²) in [6.07, 6.45) is 4.86. The minimum atomic E-state index is -1.46. The molecule has 1 atom stereocenters. The van der Waals surface area contributed by atoms with Crippen LogP contribution in [0, 0.1) is 5.92 Å². The molecule has 1 fully saturated rings. The quantitative estimate of drug-likeness (QED) is 0.739. The van der Waals surface area contributed by atoms with E-state index in [4.69, 9.17) is 10.5 Å². The number of hydrogen-bond acceptors (Lipinski definition) is 3. The zero-order chi connectivity index (χ0) is 13.7. The molecule has 1 unspecified atom stereocenters. The van der Waals surface area contributed by atoms with E-state index in [1.54, 1.807) is 24.3 Å². The summed E-state index contributed by atoms with van der Waals surface area (Å²) >= 11 is 0. The third-order valence-corrected chi connectivity index (χ3v) is 3.90. The fraction of sp³-hybridized carbons (Fsp3) is 0.533. The van der Waals surface area contributed by atoms with Crippen molar-refractivity contribution >= 4 is 5.97 Å². The molecule has 4 heteroatoms. The third kappa shape index (κ3) is 3.33. The molecule has 1 aliphatic carbocycles. The first-order valence-electron chi connectivity index (χ1n) is 6.78. The molecule has 0 aromatic heterocycles. The van der Waals surface area contributed by atoms with Gasteiger partial charge in [-0.1, -0.05) is 49.6 Å². The van der Waals surface area contributed by atoms with E-state index in [-0.39, 0.29) is 6.61 Å². The fourth-order valence-electron chi connectivity index (χ4n) is 2.27. The minimum absolute atomic E-state index is 0.0130. The maximum Gasteiger partial charge on any atom is 0.330 e. The summed E-state index contributed by atoms with van der Waals surface area (Å²) in [7, 11) is 0. The van der Waals surface area contributed by atoms with E-state index in [0.29, 0.717) is 12.2 Å². The average molecular weight is 263 g/mol. The van der Waals surface area contributed by atoms with Crippen LogP contribution in [0.3, 0.4) is 0 Å². The van der Waals surface area contributed by atoms with Crippen LogP contribution in [0.2, 0.25) is 0 Å². The molecule has 0 saturated heterocycles. The lowest BCUT2D eigenvalue weighted by Gasteiger charge is -2.27. The number of nitrogens with two attached hydrogens (primary N) is 1. The van der Waals surface area contributed by atoms with Crippen LogP contribution in [0.4, 0.5) is 0 Å². The van der Waals surface area contributed by atoms with Gasteiger partial charge in [0, 0.05) is 6.61 Å². The van der Waals surface area contributed by atoms with Crippen LogP contribution in [-0.4, -0.2) is 24.3 Å². The highest BCUT2D eigenvalue weighted by molar-refractivity contribution is 5.80. The summed E-state index contributed by atoms with van der Waals surface area (Å²) in [5, 5.41) is 9.35. The highest BCUT2D eigenvalue weighted by Crippen LogP contribution is 2.29. The van der Waals surface area contributed by atoms with Gasteiger partial charge in [-0.3, -0.25) is 0 Å². The minimum Gasteiger partial charge on any atom is -0.480 e. The number of benzene rings is 1. The summed E-state index contributed by atoms with van der Waals surface area (Å²) in [5.74, 6) is -0.295. The van der Waals surface area contributed by atoms with Gasteiger partial charge in [0.15, 0.2) is 5.54 Å². The number of carboxylic acid groups (broad SMARTS) is 1. The van der Waals surface area contributed by atoms with Crippen molar-refractivity contribution in [2.24, 2.45) is 11.7 Å². The van der Waals surface area contributed by atoms with Gasteiger partial charge in [0.05, 0.1) is 6.61 Å². The molecule has 3 N–H and O–H groups in total. The van der Waals surface area contributed by atoms with Crippen LogP contribution >= 0.6 is 0 Å². The molecule has 0 aliphatic heterocycles. The molecule has 0 spiro atoms. The number of carbonyl (C=O) groups is 1. The Hall–Kier alpha value is -1.39. The number of aliphatic carboxylic acids is 1. The maximum atomic E-state index is 11.4. The Morgan fingerprint density at radius 1 is 1.37 bits per heavy atom. The number of hydrogen-bond donors (Lipinski definition) is 2. The zero-order valence-electron chi connectivity index (χ0n) is 11.0. The molecule has 0 radical (unpaired) electrons. The van der Waals surface area contributed by atoms with E-state index in [1.807, 2.05) is 6.07 Å². The highest BCUT2D eigenvalue weighted by Gasteiger charge is 2.36. The Balaban J connectivity index is 1.89. The van der Waals surface area contributed by atoms with Crippen LogP contribution in [0.25, 0.3) is 0 Å². The van der Waals surface area contributed by atoms with Crippen LogP contribution in [0.5, 0.6) is 0 Å². The third-order valence-electron chi connectivity index (χ3n) is 3.90. The molecule has 104 valence electrons. The molecular formula is C15H21NO3. The predicted octanol–water partition coefficient (Wildman–Crippen LogP) is 2.13. The van der Waals surface area contributed by atoms with Gasteiger partial charge in [-0.25, -0.2) is 4.79 Å². The van der Waals surface area contributed by atoms with Crippen molar-refractivity contribution in [3.05, 3.63) is 35.9 Å². The Bertz CT molecular complexity index is 417. The van der Waals surface area contributed by atoms with Crippen LogP contribution < -0.4 is 5.73 Å².